The molecule has 1 atom stereocenters. The number of aromatic nitrogens is 3. The monoisotopic (exact) mass is 436 g/mol. The molecule has 2 aromatic heterocycles. The molecule has 2 aromatic rings. The van der Waals surface area contributed by atoms with Gasteiger partial charge in [0.05, 0.1) is 6.61 Å². The van der Waals surface area contributed by atoms with Crippen molar-refractivity contribution in [3.05, 3.63) is 65.9 Å². The van der Waals surface area contributed by atoms with Crippen molar-refractivity contribution >= 4 is 11.9 Å². The van der Waals surface area contributed by atoms with Crippen molar-refractivity contribution in [2.45, 2.75) is 46.1 Å². The Kier molecular flexibility index (Phi) is 8.60. The molecule has 0 spiro atoms. The second-order valence-electron chi connectivity index (χ2n) is 7.65. The molecular weight excluding hydrogens is 404 g/mol. The van der Waals surface area contributed by atoms with Gasteiger partial charge in [-0.2, -0.15) is 4.98 Å². The average molecular weight is 437 g/mol. The van der Waals surface area contributed by atoms with Gasteiger partial charge in [0, 0.05) is 43.5 Å². The Morgan fingerprint density at radius 1 is 1.22 bits per heavy atom. The van der Waals surface area contributed by atoms with Crippen LogP contribution in [-0.4, -0.2) is 46.6 Å². The molecule has 8 heteroatoms. The number of dihydropyridines is 1. The van der Waals surface area contributed by atoms with E-state index >= 15 is 0 Å². The maximum absolute atomic E-state index is 13.0. The molecule has 0 fully saturated rings. The van der Waals surface area contributed by atoms with Gasteiger partial charge in [-0.1, -0.05) is 32.1 Å². The van der Waals surface area contributed by atoms with Gasteiger partial charge in [-0.15, -0.1) is 0 Å². The third kappa shape index (κ3) is 6.80. The molecule has 32 heavy (non-hydrogen) atoms. The van der Waals surface area contributed by atoms with Gasteiger partial charge >= 0.3 is 0 Å². The number of carbonyl (C=O) groups excluding carboxylic acids is 1. The van der Waals surface area contributed by atoms with Gasteiger partial charge < -0.3 is 20.3 Å². The largest absolute Gasteiger partial charge is 0.477 e. The Balaban J connectivity index is 1.79. The van der Waals surface area contributed by atoms with Crippen LogP contribution < -0.4 is 20.3 Å². The number of carbonyl (C=O) groups is 1. The lowest BCUT2D eigenvalue weighted by molar-refractivity contribution is 0.0957. The van der Waals surface area contributed by atoms with Crippen molar-refractivity contribution in [3.63, 3.8) is 0 Å². The van der Waals surface area contributed by atoms with Gasteiger partial charge in [0.2, 0.25) is 11.8 Å². The number of rotatable bonds is 11. The molecule has 1 aliphatic rings. The minimum Gasteiger partial charge on any atom is -0.477 e. The van der Waals surface area contributed by atoms with Crippen molar-refractivity contribution in [1.29, 1.82) is 0 Å². The molecule has 3 heterocycles. The summed E-state index contributed by atoms with van der Waals surface area (Å²) in [5.41, 5.74) is 1.21. The average Bonchev–Trinajstić information content (AvgIpc) is 2.79. The first-order valence-corrected chi connectivity index (χ1v) is 11.2. The van der Waals surface area contributed by atoms with Gasteiger partial charge in [-0.05, 0) is 38.0 Å². The minimum absolute atomic E-state index is 0.145. The molecule has 8 nitrogen and oxygen atoms in total. The first kappa shape index (κ1) is 23.2. The molecule has 1 amide bonds. The maximum atomic E-state index is 13.0. The first-order chi connectivity index (χ1) is 15.6. The minimum atomic E-state index is -0.308. The Labute approximate surface area is 189 Å². The van der Waals surface area contributed by atoms with Crippen LogP contribution in [0, 0.1) is 0 Å². The Hall–Kier alpha value is -3.42. The second kappa shape index (κ2) is 11.8. The van der Waals surface area contributed by atoms with Crippen molar-refractivity contribution in [2.75, 3.05) is 24.6 Å². The van der Waals surface area contributed by atoms with Gasteiger partial charge in [-0.25, -0.2) is 4.98 Å². The van der Waals surface area contributed by atoms with E-state index in [0.717, 1.165) is 31.6 Å². The SMILES string of the molecule is CCCN(CCC)c1nc(OCCc2ccccn2)cc(C(=O)NC2=CC=CC(C)N2)n1. The van der Waals surface area contributed by atoms with Crippen molar-refractivity contribution < 1.29 is 9.53 Å². The fourth-order valence-electron chi connectivity index (χ4n) is 3.33. The van der Waals surface area contributed by atoms with E-state index in [1.165, 1.54) is 0 Å². The zero-order valence-electron chi connectivity index (χ0n) is 19.0. The molecule has 0 aliphatic carbocycles. The van der Waals surface area contributed by atoms with Crippen LogP contribution in [0.4, 0.5) is 5.95 Å². The number of pyridine rings is 1. The van der Waals surface area contributed by atoms with Crippen LogP contribution >= 0.6 is 0 Å². The first-order valence-electron chi connectivity index (χ1n) is 11.2. The lowest BCUT2D eigenvalue weighted by atomic mass is 10.2. The standard InChI is InChI=1S/C24H32N6O2/c1-4-14-30(15-5-2)24-27-20(23(31)28-21-11-8-9-18(3)26-21)17-22(29-24)32-16-12-19-10-6-7-13-25-19/h6-11,13,17-18,26H,4-5,12,14-16H2,1-3H3,(H,28,31). The quantitative estimate of drug-likeness (QED) is 0.559. The van der Waals surface area contributed by atoms with Crippen LogP contribution in [0.15, 0.2) is 54.5 Å². The van der Waals surface area contributed by atoms with Crippen LogP contribution in [0.1, 0.15) is 49.8 Å². The third-order valence-electron chi connectivity index (χ3n) is 4.82. The molecular formula is C24H32N6O2. The van der Waals surface area contributed by atoms with E-state index < -0.39 is 0 Å². The topological polar surface area (TPSA) is 92.3 Å². The van der Waals surface area contributed by atoms with Crippen molar-refractivity contribution in [2.24, 2.45) is 0 Å². The maximum Gasteiger partial charge on any atom is 0.275 e. The van der Waals surface area contributed by atoms with E-state index in [0.29, 0.717) is 30.7 Å². The highest BCUT2D eigenvalue weighted by molar-refractivity contribution is 5.94. The number of allylic oxidation sites excluding steroid dienone is 2. The van der Waals surface area contributed by atoms with E-state index in [1.54, 1.807) is 12.3 Å². The predicted molar refractivity (Wildman–Crippen MR) is 126 cm³/mol. The summed E-state index contributed by atoms with van der Waals surface area (Å²) in [6.07, 6.45) is 10.1. The predicted octanol–water partition coefficient (Wildman–Crippen LogP) is 3.24. The smallest absolute Gasteiger partial charge is 0.275 e. The summed E-state index contributed by atoms with van der Waals surface area (Å²) >= 11 is 0. The number of hydrogen-bond donors (Lipinski definition) is 2. The van der Waals surface area contributed by atoms with Gasteiger partial charge in [0.15, 0.2) is 0 Å². The van der Waals surface area contributed by atoms with Gasteiger partial charge in [-0.3, -0.25) is 9.78 Å². The second-order valence-corrected chi connectivity index (χ2v) is 7.65. The third-order valence-corrected chi connectivity index (χ3v) is 4.82. The molecule has 0 aromatic carbocycles. The summed E-state index contributed by atoms with van der Waals surface area (Å²) < 4.78 is 5.92. The van der Waals surface area contributed by atoms with E-state index in [9.17, 15) is 4.79 Å². The van der Waals surface area contributed by atoms with Crippen LogP contribution in [0.3, 0.4) is 0 Å². The summed E-state index contributed by atoms with van der Waals surface area (Å²) in [5.74, 6) is 1.22. The Morgan fingerprint density at radius 3 is 2.72 bits per heavy atom. The highest BCUT2D eigenvalue weighted by Crippen LogP contribution is 2.18. The van der Waals surface area contributed by atoms with E-state index in [4.69, 9.17) is 4.74 Å². The highest BCUT2D eigenvalue weighted by Gasteiger charge is 2.18. The van der Waals surface area contributed by atoms with Crippen LogP contribution in [-0.2, 0) is 6.42 Å². The number of anilines is 1. The van der Waals surface area contributed by atoms with Crippen LogP contribution in [0.25, 0.3) is 0 Å². The molecule has 0 bridgehead atoms. The normalized spacial score (nSPS) is 15.0. The number of amides is 1. The zero-order chi connectivity index (χ0) is 22.8. The summed E-state index contributed by atoms with van der Waals surface area (Å²) in [7, 11) is 0. The lowest BCUT2D eigenvalue weighted by Gasteiger charge is -2.23. The Bertz CT molecular complexity index is 939. The zero-order valence-corrected chi connectivity index (χ0v) is 19.0. The summed E-state index contributed by atoms with van der Waals surface area (Å²) in [5, 5.41) is 6.10. The number of ether oxygens (including phenoxy) is 1. The molecule has 1 unspecified atom stereocenters. The van der Waals surface area contributed by atoms with Gasteiger partial charge in [0.1, 0.15) is 11.5 Å². The van der Waals surface area contributed by atoms with Crippen molar-refractivity contribution in [1.82, 2.24) is 25.6 Å². The molecule has 3 rings (SSSR count). The van der Waals surface area contributed by atoms with E-state index in [1.807, 2.05) is 43.4 Å². The summed E-state index contributed by atoms with van der Waals surface area (Å²) in [4.78, 5) is 28.5. The summed E-state index contributed by atoms with van der Waals surface area (Å²) in [6, 6.07) is 7.53. The number of nitrogens with one attached hydrogen (secondary N) is 2. The molecule has 2 N–H and O–H groups in total. The molecule has 0 saturated carbocycles. The van der Waals surface area contributed by atoms with Crippen molar-refractivity contribution in [3.8, 4) is 5.88 Å². The summed E-state index contributed by atoms with van der Waals surface area (Å²) in [6.45, 7) is 8.26. The lowest BCUT2D eigenvalue weighted by Crippen LogP contribution is -2.37. The fourth-order valence-corrected chi connectivity index (χ4v) is 3.33. The number of nitrogens with zero attached hydrogens (tertiary/aromatic N) is 4. The van der Waals surface area contributed by atoms with Gasteiger partial charge in [0.25, 0.3) is 5.91 Å². The molecule has 1 aliphatic heterocycles. The fraction of sp³-hybridized carbons (Fsp3) is 0.417. The van der Waals surface area contributed by atoms with E-state index in [-0.39, 0.29) is 17.6 Å². The van der Waals surface area contributed by atoms with E-state index in [2.05, 4.69) is 44.3 Å². The highest BCUT2D eigenvalue weighted by atomic mass is 16.5. The molecule has 0 radical (unpaired) electrons. The molecule has 0 saturated heterocycles. The van der Waals surface area contributed by atoms with Crippen LogP contribution in [0.5, 0.6) is 5.88 Å². The van der Waals surface area contributed by atoms with Crippen LogP contribution in [0.2, 0.25) is 0 Å². The number of hydrogen-bond acceptors (Lipinski definition) is 7. The molecule has 170 valence electrons. The Morgan fingerprint density at radius 2 is 2.03 bits per heavy atom.